The first-order valence-corrected chi connectivity index (χ1v) is 10.4. The molecule has 2 aliphatic rings. The number of fused-ring (bicyclic) bond motifs is 1. The lowest BCUT2D eigenvalue weighted by molar-refractivity contribution is -0.118. The first kappa shape index (κ1) is 18.8. The molecule has 1 aliphatic heterocycles. The molecule has 1 aromatic heterocycles. The van der Waals surface area contributed by atoms with Crippen LogP contribution in [-0.2, 0) is 4.79 Å². The average molecular weight is 397 g/mol. The zero-order valence-corrected chi connectivity index (χ0v) is 17.1. The minimum Gasteiger partial charge on any atom is -0.508 e. The summed E-state index contributed by atoms with van der Waals surface area (Å²) in [6, 6.07) is 6.93. The van der Waals surface area contributed by atoms with Crippen LogP contribution in [0.2, 0.25) is 0 Å². The molecule has 4 rings (SSSR count). The third kappa shape index (κ3) is 3.24. The number of carbonyl (C=O) groups excluding carboxylic acids is 1. The molecule has 2 heterocycles. The van der Waals surface area contributed by atoms with Crippen molar-refractivity contribution in [3.63, 3.8) is 0 Å². The van der Waals surface area contributed by atoms with Gasteiger partial charge < -0.3 is 16.2 Å². The lowest BCUT2D eigenvalue weighted by atomic mass is 9.69. The van der Waals surface area contributed by atoms with Crippen LogP contribution in [0, 0.1) is 5.41 Å². The van der Waals surface area contributed by atoms with Gasteiger partial charge in [-0.2, -0.15) is 0 Å². The Kier molecular flexibility index (Phi) is 4.57. The van der Waals surface area contributed by atoms with Crippen LogP contribution in [0.1, 0.15) is 50.7 Å². The van der Waals surface area contributed by atoms with Crippen LogP contribution in [-0.4, -0.2) is 26.6 Å². The van der Waals surface area contributed by atoms with Crippen LogP contribution in [0.4, 0.5) is 11.6 Å². The number of anilines is 2. The average Bonchev–Trinajstić information content (AvgIpc) is 2.60. The normalized spacial score (nSPS) is 20.4. The second-order valence-electron chi connectivity index (χ2n) is 8.07. The zero-order chi connectivity index (χ0) is 20.1. The van der Waals surface area contributed by atoms with Crippen molar-refractivity contribution >= 4 is 29.2 Å². The lowest BCUT2D eigenvalue weighted by Crippen LogP contribution is -2.34. The van der Waals surface area contributed by atoms with E-state index in [4.69, 9.17) is 5.73 Å². The molecule has 0 bridgehead atoms. The van der Waals surface area contributed by atoms with Crippen LogP contribution in [0.5, 0.6) is 5.75 Å². The second-order valence-corrected chi connectivity index (χ2v) is 9.30. The summed E-state index contributed by atoms with van der Waals surface area (Å²) < 4.78 is 0. The van der Waals surface area contributed by atoms with Gasteiger partial charge >= 0.3 is 0 Å². The highest BCUT2D eigenvalue weighted by Gasteiger charge is 2.42. The van der Waals surface area contributed by atoms with E-state index >= 15 is 0 Å². The van der Waals surface area contributed by atoms with E-state index in [1.165, 1.54) is 11.8 Å². The van der Waals surface area contributed by atoms with Gasteiger partial charge in [-0.1, -0.05) is 44.7 Å². The Morgan fingerprint density at radius 2 is 1.96 bits per heavy atom. The summed E-state index contributed by atoms with van der Waals surface area (Å²) in [5.41, 5.74) is 9.53. The monoisotopic (exact) mass is 396 g/mol. The SMILES string of the molecule is CCSc1nc(N)c2c(n1)NC1=C(C(=O)CC(C)(C)C1)[C@H]2c1ccc(O)cc1. The zero-order valence-electron chi connectivity index (χ0n) is 16.2. The van der Waals surface area contributed by atoms with Crippen LogP contribution in [0.25, 0.3) is 0 Å². The van der Waals surface area contributed by atoms with Gasteiger partial charge in [0.05, 0.1) is 0 Å². The molecular weight excluding hydrogens is 372 g/mol. The van der Waals surface area contributed by atoms with E-state index < -0.39 is 0 Å². The Morgan fingerprint density at radius 3 is 2.64 bits per heavy atom. The predicted octanol–water partition coefficient (Wildman–Crippen LogP) is 4.08. The molecule has 0 unspecified atom stereocenters. The number of Topliss-reactive ketones (excluding diaryl/α,β-unsaturated/α-hetero) is 1. The summed E-state index contributed by atoms with van der Waals surface area (Å²) >= 11 is 1.53. The number of benzene rings is 1. The molecule has 4 N–H and O–H groups in total. The van der Waals surface area contributed by atoms with Gasteiger partial charge in [0.15, 0.2) is 10.9 Å². The van der Waals surface area contributed by atoms with Gasteiger partial charge in [-0.3, -0.25) is 4.79 Å². The molecule has 1 aliphatic carbocycles. The Bertz CT molecular complexity index is 983. The Hall–Kier alpha value is -2.54. The predicted molar refractivity (Wildman–Crippen MR) is 111 cm³/mol. The van der Waals surface area contributed by atoms with Gasteiger partial charge in [0.2, 0.25) is 0 Å². The number of nitrogens with one attached hydrogen (secondary N) is 1. The molecule has 0 spiro atoms. The van der Waals surface area contributed by atoms with E-state index in [9.17, 15) is 9.90 Å². The van der Waals surface area contributed by atoms with E-state index in [1.54, 1.807) is 12.1 Å². The van der Waals surface area contributed by atoms with Gasteiger partial charge in [-0.25, -0.2) is 9.97 Å². The van der Waals surface area contributed by atoms with Gasteiger partial charge in [0.25, 0.3) is 0 Å². The molecular formula is C21H24N4O2S. The number of ketones is 1. The van der Waals surface area contributed by atoms with Crippen molar-refractivity contribution in [1.82, 2.24) is 9.97 Å². The molecule has 0 radical (unpaired) electrons. The molecule has 1 atom stereocenters. The van der Waals surface area contributed by atoms with Crippen LogP contribution >= 0.6 is 11.8 Å². The number of phenolic OH excluding ortho intramolecular Hbond substituents is 1. The first-order chi connectivity index (χ1) is 13.3. The second kappa shape index (κ2) is 6.81. The van der Waals surface area contributed by atoms with Gasteiger partial charge in [0.1, 0.15) is 17.4 Å². The number of phenols is 1. The van der Waals surface area contributed by atoms with E-state index in [2.05, 4.69) is 29.1 Å². The number of nitrogens with two attached hydrogens (primary N) is 1. The number of thioether (sulfide) groups is 1. The highest BCUT2D eigenvalue weighted by atomic mass is 32.2. The number of rotatable bonds is 3. The molecule has 2 aromatic rings. The fourth-order valence-corrected chi connectivity index (χ4v) is 4.68. The van der Waals surface area contributed by atoms with Crippen molar-refractivity contribution in [1.29, 1.82) is 0 Å². The highest BCUT2D eigenvalue weighted by Crippen LogP contribution is 2.50. The Labute approximate surface area is 168 Å². The topological polar surface area (TPSA) is 101 Å². The third-order valence-electron chi connectivity index (χ3n) is 5.22. The van der Waals surface area contributed by atoms with Crippen LogP contribution in [0.3, 0.4) is 0 Å². The van der Waals surface area contributed by atoms with Gasteiger partial charge in [0, 0.05) is 29.2 Å². The molecule has 0 fully saturated rings. The fraction of sp³-hybridized carbons (Fsp3) is 0.381. The molecule has 0 saturated carbocycles. The maximum atomic E-state index is 13.2. The maximum absolute atomic E-state index is 13.2. The van der Waals surface area contributed by atoms with Gasteiger partial charge in [-0.05, 0) is 35.3 Å². The molecule has 6 nitrogen and oxygen atoms in total. The number of allylic oxidation sites excluding steroid dienone is 2. The van der Waals surface area contributed by atoms with Crippen molar-refractivity contribution in [2.45, 2.75) is 44.7 Å². The fourth-order valence-electron chi connectivity index (χ4n) is 4.11. The first-order valence-electron chi connectivity index (χ1n) is 9.41. The summed E-state index contributed by atoms with van der Waals surface area (Å²) in [6.45, 7) is 6.25. The number of hydrogen-bond acceptors (Lipinski definition) is 7. The smallest absolute Gasteiger partial charge is 0.191 e. The molecule has 28 heavy (non-hydrogen) atoms. The van der Waals surface area contributed by atoms with Crippen molar-refractivity contribution < 1.29 is 9.90 Å². The third-order valence-corrected chi connectivity index (χ3v) is 5.95. The minimum atomic E-state index is -0.337. The van der Waals surface area contributed by atoms with Crippen LogP contribution < -0.4 is 11.1 Å². The number of nitrogens with zero attached hydrogens (tertiary/aromatic N) is 2. The summed E-state index contributed by atoms with van der Waals surface area (Å²) in [6.07, 6.45) is 1.25. The number of carbonyl (C=O) groups is 1. The minimum absolute atomic E-state index is 0.112. The molecule has 0 amide bonds. The largest absolute Gasteiger partial charge is 0.508 e. The van der Waals surface area contributed by atoms with E-state index in [1.807, 2.05) is 19.1 Å². The van der Waals surface area contributed by atoms with Crippen molar-refractivity contribution in [3.05, 3.63) is 46.7 Å². The standard InChI is InChI=1S/C21H24N4O2S/c1-4-28-20-24-18(22)17-15(11-5-7-12(26)8-6-11)16-13(23-19(17)25-20)9-21(2,3)10-14(16)27/h5-8,15,26H,4,9-10H2,1-3H3,(H3,22,23,24,25)/t15-/m1/s1. The summed E-state index contributed by atoms with van der Waals surface area (Å²) in [5.74, 6) is 1.87. The summed E-state index contributed by atoms with van der Waals surface area (Å²) in [4.78, 5) is 22.3. The quantitative estimate of drug-likeness (QED) is 0.531. The number of aromatic hydroxyl groups is 1. The van der Waals surface area contributed by atoms with Crippen molar-refractivity contribution in [2.24, 2.45) is 5.41 Å². The Morgan fingerprint density at radius 1 is 1.25 bits per heavy atom. The van der Waals surface area contributed by atoms with E-state index in [0.717, 1.165) is 34.6 Å². The number of hydrogen-bond donors (Lipinski definition) is 3. The van der Waals surface area contributed by atoms with E-state index in [-0.39, 0.29) is 22.9 Å². The number of aromatic nitrogens is 2. The van der Waals surface area contributed by atoms with Crippen LogP contribution in [0.15, 0.2) is 40.7 Å². The van der Waals surface area contributed by atoms with Gasteiger partial charge in [-0.15, -0.1) is 0 Å². The molecule has 1 aromatic carbocycles. The summed E-state index contributed by atoms with van der Waals surface area (Å²) in [7, 11) is 0. The molecule has 0 saturated heterocycles. The molecule has 146 valence electrons. The van der Waals surface area contributed by atoms with E-state index in [0.29, 0.717) is 23.2 Å². The van der Waals surface area contributed by atoms with Crippen molar-refractivity contribution in [2.75, 3.05) is 16.8 Å². The summed E-state index contributed by atoms with van der Waals surface area (Å²) in [5, 5.41) is 13.7. The van der Waals surface area contributed by atoms with Crippen molar-refractivity contribution in [3.8, 4) is 5.75 Å². The number of nitrogen functional groups attached to an aromatic ring is 1. The maximum Gasteiger partial charge on any atom is 0.191 e. The lowest BCUT2D eigenvalue weighted by Gasteiger charge is -2.39. The Balaban J connectivity index is 1.93. The highest BCUT2D eigenvalue weighted by molar-refractivity contribution is 7.99. The molecule has 7 heteroatoms.